The van der Waals surface area contributed by atoms with Crippen LogP contribution in [0.2, 0.25) is 10.0 Å². The number of fused-ring (bicyclic) bond motifs is 2. The molecule has 2 atom stereocenters. The van der Waals surface area contributed by atoms with E-state index in [1.807, 2.05) is 12.1 Å². The summed E-state index contributed by atoms with van der Waals surface area (Å²) in [4.78, 5) is 45.8. The Morgan fingerprint density at radius 3 is 2.05 bits per heavy atom. The van der Waals surface area contributed by atoms with Gasteiger partial charge in [0.1, 0.15) is 12.2 Å². The minimum atomic E-state index is -5.11. The van der Waals surface area contributed by atoms with Crippen molar-refractivity contribution in [3.05, 3.63) is 104 Å². The van der Waals surface area contributed by atoms with E-state index in [1.54, 1.807) is 28.0 Å². The fourth-order valence-electron chi connectivity index (χ4n) is 9.08. The number of hydrogen-bond acceptors (Lipinski definition) is 6. The predicted octanol–water partition coefficient (Wildman–Crippen LogP) is 7.88. The highest BCUT2D eigenvalue weighted by atomic mass is 35.5. The zero-order valence-corrected chi connectivity index (χ0v) is 35.0. The van der Waals surface area contributed by atoms with Gasteiger partial charge in [0.25, 0.3) is 5.91 Å². The third-order valence-electron chi connectivity index (χ3n) is 12.4. The van der Waals surface area contributed by atoms with Crippen molar-refractivity contribution in [1.82, 2.24) is 19.6 Å². The number of rotatable bonds is 8. The standard InChI is InChI=1S/C42H44Cl2F6N4O5.ClH/c1-27(55)52-14-16-53(17-15-52)37(56)25-58-36-22-28-4-2-3-5-33(28)39(36)8-11-51(12-9-39)13-10-40(30-6-7-34(43)35(44)24-30)26-54(18-19-59-40)38(57)29-20-31(41(45,46)47)23-32(21-29)42(48,49)50;/h2-7,20-21,23-24,36H,8-19,22,25-26H2,1H3;1H/t36-,40+;/m0./s1. The van der Waals surface area contributed by atoms with Crippen molar-refractivity contribution in [1.29, 1.82) is 0 Å². The number of morpholine rings is 1. The van der Waals surface area contributed by atoms with E-state index in [0.717, 1.165) is 12.8 Å². The minimum absolute atomic E-state index is 0. The lowest BCUT2D eigenvalue weighted by Gasteiger charge is -2.46. The average molecular weight is 906 g/mol. The number of hydrogen-bond donors (Lipinski definition) is 0. The molecule has 0 radical (unpaired) electrons. The average Bonchev–Trinajstić information content (AvgIpc) is 3.51. The Morgan fingerprint density at radius 1 is 0.800 bits per heavy atom. The second-order valence-electron chi connectivity index (χ2n) is 15.8. The van der Waals surface area contributed by atoms with Crippen molar-refractivity contribution in [2.75, 3.05) is 72.1 Å². The molecule has 3 amide bonds. The fraction of sp³-hybridized carbons (Fsp3) is 0.500. The summed E-state index contributed by atoms with van der Waals surface area (Å²) in [5.41, 5.74) is -2.51. The van der Waals surface area contributed by atoms with Gasteiger partial charge in [-0.05, 0) is 85.8 Å². The Labute approximate surface area is 360 Å². The van der Waals surface area contributed by atoms with Crippen molar-refractivity contribution in [2.24, 2.45) is 0 Å². The molecule has 0 aromatic heterocycles. The maximum atomic E-state index is 13.8. The first-order chi connectivity index (χ1) is 27.9. The van der Waals surface area contributed by atoms with Gasteiger partial charge in [-0.3, -0.25) is 14.4 Å². The van der Waals surface area contributed by atoms with Crippen LogP contribution in [0.1, 0.15) is 64.4 Å². The molecule has 3 heterocycles. The van der Waals surface area contributed by atoms with Gasteiger partial charge in [0, 0.05) is 57.2 Å². The Hall–Kier alpha value is -3.60. The molecule has 1 spiro atoms. The van der Waals surface area contributed by atoms with Gasteiger partial charge in [-0.25, -0.2) is 0 Å². The number of carbonyl (C=O) groups is 3. The number of amides is 3. The van der Waals surface area contributed by atoms with E-state index < -0.39 is 40.6 Å². The van der Waals surface area contributed by atoms with E-state index in [9.17, 15) is 40.7 Å². The number of carbonyl (C=O) groups excluding carboxylic acids is 3. The molecule has 3 aromatic rings. The smallest absolute Gasteiger partial charge is 0.367 e. The second kappa shape index (κ2) is 18.0. The van der Waals surface area contributed by atoms with Crippen LogP contribution in [-0.2, 0) is 48.9 Å². The van der Waals surface area contributed by atoms with Crippen molar-refractivity contribution in [3.63, 3.8) is 0 Å². The SMILES string of the molecule is CC(=O)N1CCN(C(=O)CO[C@H]2Cc3ccccc3C23CCN(CC[C@]2(c4ccc(Cl)c(Cl)c4)CN(C(=O)c4cc(C(F)(F)F)cc(C(F)(F)F)c4)CCO2)CC3)CC1.Cl. The third kappa shape index (κ3) is 9.56. The normalized spacial score (nSPS) is 22.1. The Morgan fingerprint density at radius 2 is 1.43 bits per heavy atom. The van der Waals surface area contributed by atoms with Crippen LogP contribution >= 0.6 is 35.6 Å². The molecular weight excluding hydrogens is 861 g/mol. The maximum absolute atomic E-state index is 13.8. The van der Waals surface area contributed by atoms with Crippen molar-refractivity contribution in [3.8, 4) is 0 Å². The van der Waals surface area contributed by atoms with Crippen LogP contribution in [0.3, 0.4) is 0 Å². The fourth-order valence-corrected chi connectivity index (χ4v) is 9.38. The molecule has 0 N–H and O–H groups in total. The summed E-state index contributed by atoms with van der Waals surface area (Å²) >= 11 is 12.7. The summed E-state index contributed by atoms with van der Waals surface area (Å²) in [6, 6.07) is 14.0. The second-order valence-corrected chi connectivity index (χ2v) is 16.6. The summed E-state index contributed by atoms with van der Waals surface area (Å²) in [6.45, 7) is 4.83. The van der Waals surface area contributed by atoms with Crippen LogP contribution in [0.5, 0.6) is 0 Å². The molecular formula is C42H45Cl3F6N4O5. The van der Waals surface area contributed by atoms with Gasteiger partial charge in [-0.1, -0.05) is 53.5 Å². The molecule has 3 aliphatic heterocycles. The largest absolute Gasteiger partial charge is 0.416 e. The van der Waals surface area contributed by atoms with Crippen molar-refractivity contribution >= 4 is 53.3 Å². The quantitative estimate of drug-likeness (QED) is 0.214. The first kappa shape index (κ1) is 45.9. The topological polar surface area (TPSA) is 82.6 Å². The van der Waals surface area contributed by atoms with Crippen molar-refractivity contribution < 1.29 is 50.2 Å². The lowest BCUT2D eigenvalue weighted by Crippen LogP contribution is -2.54. The molecule has 3 aromatic carbocycles. The molecule has 1 aliphatic carbocycles. The first-order valence-electron chi connectivity index (χ1n) is 19.5. The van der Waals surface area contributed by atoms with Gasteiger partial charge < -0.3 is 29.1 Å². The summed E-state index contributed by atoms with van der Waals surface area (Å²) < 4.78 is 95.3. The monoisotopic (exact) mass is 904 g/mol. The number of nitrogens with zero attached hydrogens (tertiary/aromatic N) is 4. The van der Waals surface area contributed by atoms with Crippen LogP contribution in [0, 0.1) is 0 Å². The maximum Gasteiger partial charge on any atom is 0.416 e. The molecule has 7 rings (SSSR count). The van der Waals surface area contributed by atoms with Gasteiger partial charge >= 0.3 is 12.4 Å². The zero-order chi connectivity index (χ0) is 42.3. The summed E-state index contributed by atoms with van der Waals surface area (Å²) in [6.07, 6.45) is -8.05. The van der Waals surface area contributed by atoms with Crippen LogP contribution in [-0.4, -0.2) is 116 Å². The lowest BCUT2D eigenvalue weighted by atomic mass is 9.72. The number of alkyl halides is 6. The first-order valence-corrected chi connectivity index (χ1v) is 20.3. The highest BCUT2D eigenvalue weighted by Crippen LogP contribution is 2.48. The number of piperidine rings is 1. The van der Waals surface area contributed by atoms with E-state index in [0.29, 0.717) is 76.4 Å². The van der Waals surface area contributed by atoms with Crippen LogP contribution in [0.15, 0.2) is 60.7 Å². The Bertz CT molecular complexity index is 2040. The molecule has 3 fully saturated rings. The van der Waals surface area contributed by atoms with E-state index in [2.05, 4.69) is 17.0 Å². The highest BCUT2D eigenvalue weighted by Gasteiger charge is 2.50. The molecule has 0 saturated carbocycles. The summed E-state index contributed by atoms with van der Waals surface area (Å²) in [7, 11) is 0. The lowest BCUT2D eigenvalue weighted by molar-refractivity contribution is -0.145. The molecule has 3 saturated heterocycles. The van der Waals surface area contributed by atoms with Gasteiger partial charge in [0.15, 0.2) is 0 Å². The van der Waals surface area contributed by atoms with E-state index in [1.165, 1.54) is 23.0 Å². The Kier molecular flexibility index (Phi) is 13.8. The van der Waals surface area contributed by atoms with Gasteiger partial charge in [0.2, 0.25) is 11.8 Å². The molecule has 326 valence electrons. The molecule has 60 heavy (non-hydrogen) atoms. The summed E-state index contributed by atoms with van der Waals surface area (Å²) in [5.74, 6) is -1.12. The zero-order valence-electron chi connectivity index (χ0n) is 32.7. The van der Waals surface area contributed by atoms with Gasteiger partial charge in [-0.2, -0.15) is 26.3 Å². The predicted molar refractivity (Wildman–Crippen MR) is 214 cm³/mol. The number of benzene rings is 3. The van der Waals surface area contributed by atoms with E-state index >= 15 is 0 Å². The summed E-state index contributed by atoms with van der Waals surface area (Å²) in [5, 5.41) is 0.483. The number of ether oxygens (including phenoxy) is 2. The van der Waals surface area contributed by atoms with E-state index in [-0.39, 0.29) is 78.2 Å². The Balaban J connectivity index is 0.00000604. The molecule has 4 aliphatic rings. The van der Waals surface area contributed by atoms with Crippen LogP contribution in [0.25, 0.3) is 0 Å². The highest BCUT2D eigenvalue weighted by molar-refractivity contribution is 6.42. The number of halogens is 9. The minimum Gasteiger partial charge on any atom is -0.367 e. The molecule has 0 bridgehead atoms. The van der Waals surface area contributed by atoms with Crippen molar-refractivity contribution in [2.45, 2.75) is 62.1 Å². The number of piperazine rings is 1. The number of likely N-dealkylation sites (tertiary alicyclic amines) is 1. The molecule has 0 unspecified atom stereocenters. The third-order valence-corrected chi connectivity index (χ3v) is 13.1. The molecule has 9 nitrogen and oxygen atoms in total. The van der Waals surface area contributed by atoms with E-state index in [4.69, 9.17) is 32.7 Å². The van der Waals surface area contributed by atoms with Gasteiger partial charge in [0.05, 0.1) is 40.4 Å². The van der Waals surface area contributed by atoms with Crippen LogP contribution < -0.4 is 0 Å². The van der Waals surface area contributed by atoms with Crippen LogP contribution in [0.4, 0.5) is 26.3 Å². The molecule has 18 heteroatoms. The van der Waals surface area contributed by atoms with Gasteiger partial charge in [-0.15, -0.1) is 12.4 Å².